The van der Waals surface area contributed by atoms with Crippen LogP contribution in [-0.4, -0.2) is 11.5 Å². The molecule has 0 bridgehead atoms. The molecule has 0 saturated heterocycles. The van der Waals surface area contributed by atoms with Gasteiger partial charge in [-0.1, -0.05) is 18.2 Å². The van der Waals surface area contributed by atoms with Crippen molar-refractivity contribution in [1.29, 1.82) is 0 Å². The third-order valence-corrected chi connectivity index (χ3v) is 3.28. The molecule has 3 heteroatoms. The summed E-state index contributed by atoms with van der Waals surface area (Å²) in [7, 11) is 0. The molecule has 0 radical (unpaired) electrons. The standard InChI is InChI=1S/C14H16N2O/c17-14-12(9-15-8-10-5-6-10)7-11-3-1-2-4-13(11)16-14/h1-4,7,10,15H,5-6,8-9H2,(H,16,17). The number of rotatable bonds is 4. The number of nitrogens with one attached hydrogen (secondary N) is 2. The van der Waals surface area contributed by atoms with Crippen LogP contribution in [0.4, 0.5) is 0 Å². The van der Waals surface area contributed by atoms with E-state index in [-0.39, 0.29) is 5.56 Å². The maximum atomic E-state index is 11.8. The lowest BCUT2D eigenvalue weighted by atomic mass is 10.1. The summed E-state index contributed by atoms with van der Waals surface area (Å²) in [6.45, 7) is 1.70. The molecule has 1 heterocycles. The fraction of sp³-hybridized carbons (Fsp3) is 0.357. The number of hydrogen-bond donors (Lipinski definition) is 2. The summed E-state index contributed by atoms with van der Waals surface area (Å²) >= 11 is 0. The van der Waals surface area contributed by atoms with Gasteiger partial charge in [0.1, 0.15) is 0 Å². The minimum Gasteiger partial charge on any atom is -0.322 e. The molecule has 1 fully saturated rings. The van der Waals surface area contributed by atoms with Crippen molar-refractivity contribution in [2.45, 2.75) is 19.4 Å². The highest BCUT2D eigenvalue weighted by Gasteiger charge is 2.20. The third kappa shape index (κ3) is 2.39. The quantitative estimate of drug-likeness (QED) is 0.841. The second-order valence-electron chi connectivity index (χ2n) is 4.79. The zero-order valence-corrected chi connectivity index (χ0v) is 9.70. The van der Waals surface area contributed by atoms with Crippen LogP contribution in [0, 0.1) is 5.92 Å². The van der Waals surface area contributed by atoms with Gasteiger partial charge in [-0.25, -0.2) is 0 Å². The van der Waals surface area contributed by atoms with E-state index in [0.29, 0.717) is 6.54 Å². The van der Waals surface area contributed by atoms with Gasteiger partial charge >= 0.3 is 0 Å². The molecule has 2 aromatic rings. The fourth-order valence-electron chi connectivity index (χ4n) is 2.06. The summed E-state index contributed by atoms with van der Waals surface area (Å²) in [6, 6.07) is 9.85. The highest BCUT2D eigenvalue weighted by atomic mass is 16.1. The van der Waals surface area contributed by atoms with E-state index >= 15 is 0 Å². The van der Waals surface area contributed by atoms with Crippen LogP contribution < -0.4 is 10.9 Å². The second kappa shape index (κ2) is 4.34. The summed E-state index contributed by atoms with van der Waals surface area (Å²) in [5, 5.41) is 4.44. The zero-order valence-electron chi connectivity index (χ0n) is 9.70. The molecule has 88 valence electrons. The van der Waals surface area contributed by atoms with Gasteiger partial charge in [0, 0.05) is 17.6 Å². The van der Waals surface area contributed by atoms with Crippen LogP contribution in [0.1, 0.15) is 18.4 Å². The maximum Gasteiger partial charge on any atom is 0.252 e. The Morgan fingerprint density at radius 3 is 2.94 bits per heavy atom. The maximum absolute atomic E-state index is 11.8. The van der Waals surface area contributed by atoms with E-state index in [9.17, 15) is 4.79 Å². The van der Waals surface area contributed by atoms with Gasteiger partial charge in [-0.3, -0.25) is 4.79 Å². The molecule has 3 rings (SSSR count). The van der Waals surface area contributed by atoms with Crippen LogP contribution >= 0.6 is 0 Å². The molecule has 1 aliphatic rings. The van der Waals surface area contributed by atoms with E-state index in [1.807, 2.05) is 30.3 Å². The Morgan fingerprint density at radius 2 is 2.12 bits per heavy atom. The molecule has 0 spiro atoms. The Bertz CT molecular complexity index is 584. The number of benzene rings is 1. The molecule has 0 unspecified atom stereocenters. The van der Waals surface area contributed by atoms with Crippen molar-refractivity contribution in [3.63, 3.8) is 0 Å². The molecule has 1 aromatic carbocycles. The summed E-state index contributed by atoms with van der Waals surface area (Å²) < 4.78 is 0. The van der Waals surface area contributed by atoms with Gasteiger partial charge in [0.15, 0.2) is 0 Å². The van der Waals surface area contributed by atoms with Crippen LogP contribution in [0.5, 0.6) is 0 Å². The Hall–Kier alpha value is -1.61. The first kappa shape index (κ1) is 10.5. The summed E-state index contributed by atoms with van der Waals surface area (Å²) in [5.74, 6) is 0.842. The van der Waals surface area contributed by atoms with Crippen LogP contribution in [0.3, 0.4) is 0 Å². The molecule has 0 amide bonds. The average molecular weight is 228 g/mol. The average Bonchev–Trinajstić information content (AvgIpc) is 3.14. The number of pyridine rings is 1. The number of aromatic nitrogens is 1. The minimum absolute atomic E-state index is 0.0204. The Kier molecular flexibility index (Phi) is 2.69. The van der Waals surface area contributed by atoms with E-state index in [1.54, 1.807) is 0 Å². The fourth-order valence-corrected chi connectivity index (χ4v) is 2.06. The van der Waals surface area contributed by atoms with Gasteiger partial charge in [0.2, 0.25) is 0 Å². The lowest BCUT2D eigenvalue weighted by molar-refractivity contribution is 0.636. The first-order valence-electron chi connectivity index (χ1n) is 6.14. The van der Waals surface area contributed by atoms with Crippen molar-refractivity contribution in [2.24, 2.45) is 5.92 Å². The molecule has 1 aliphatic carbocycles. The van der Waals surface area contributed by atoms with Gasteiger partial charge in [-0.05, 0) is 42.8 Å². The molecule has 2 N–H and O–H groups in total. The SMILES string of the molecule is O=c1[nH]c2ccccc2cc1CNCC1CC1. The molecule has 0 aliphatic heterocycles. The molecule has 0 atom stereocenters. The van der Waals surface area contributed by atoms with Crippen molar-refractivity contribution in [1.82, 2.24) is 10.3 Å². The molecular formula is C14H16N2O. The van der Waals surface area contributed by atoms with Gasteiger partial charge < -0.3 is 10.3 Å². The van der Waals surface area contributed by atoms with E-state index in [1.165, 1.54) is 12.8 Å². The molecule has 17 heavy (non-hydrogen) atoms. The van der Waals surface area contributed by atoms with E-state index in [4.69, 9.17) is 0 Å². The lowest BCUT2D eigenvalue weighted by Gasteiger charge is -2.04. The zero-order chi connectivity index (χ0) is 11.7. The number of para-hydroxylation sites is 1. The van der Waals surface area contributed by atoms with E-state index in [2.05, 4.69) is 10.3 Å². The van der Waals surface area contributed by atoms with Gasteiger partial charge in [0.05, 0.1) is 0 Å². The molecular weight excluding hydrogens is 212 g/mol. The summed E-state index contributed by atoms with van der Waals surface area (Å²) in [6.07, 6.45) is 2.67. The summed E-state index contributed by atoms with van der Waals surface area (Å²) in [5.41, 5.74) is 1.75. The number of hydrogen-bond acceptors (Lipinski definition) is 2. The van der Waals surface area contributed by atoms with Crippen molar-refractivity contribution in [2.75, 3.05) is 6.54 Å². The predicted octanol–water partition coefficient (Wildman–Crippen LogP) is 2.03. The number of H-pyrrole nitrogens is 1. The Morgan fingerprint density at radius 1 is 1.29 bits per heavy atom. The first-order chi connectivity index (χ1) is 8.33. The van der Waals surface area contributed by atoms with Crippen LogP contribution in [-0.2, 0) is 6.54 Å². The molecule has 1 aromatic heterocycles. The van der Waals surface area contributed by atoms with Crippen LogP contribution in [0.15, 0.2) is 35.1 Å². The third-order valence-electron chi connectivity index (χ3n) is 3.28. The summed E-state index contributed by atoms with van der Waals surface area (Å²) in [4.78, 5) is 14.7. The van der Waals surface area contributed by atoms with Gasteiger partial charge in [0.25, 0.3) is 5.56 Å². The lowest BCUT2D eigenvalue weighted by Crippen LogP contribution is -2.22. The second-order valence-corrected chi connectivity index (χ2v) is 4.79. The molecule has 1 saturated carbocycles. The smallest absolute Gasteiger partial charge is 0.252 e. The van der Waals surface area contributed by atoms with E-state index in [0.717, 1.165) is 28.9 Å². The van der Waals surface area contributed by atoms with Crippen LogP contribution in [0.25, 0.3) is 10.9 Å². The Balaban J connectivity index is 1.82. The Labute approximate surface area is 99.9 Å². The topological polar surface area (TPSA) is 44.9 Å². The van der Waals surface area contributed by atoms with Gasteiger partial charge in [-0.2, -0.15) is 0 Å². The van der Waals surface area contributed by atoms with Crippen molar-refractivity contribution in [3.8, 4) is 0 Å². The number of aromatic amines is 1. The number of fused-ring (bicyclic) bond motifs is 1. The predicted molar refractivity (Wildman–Crippen MR) is 69.0 cm³/mol. The van der Waals surface area contributed by atoms with Crippen molar-refractivity contribution >= 4 is 10.9 Å². The monoisotopic (exact) mass is 228 g/mol. The largest absolute Gasteiger partial charge is 0.322 e. The normalized spacial score (nSPS) is 15.3. The van der Waals surface area contributed by atoms with Gasteiger partial charge in [-0.15, -0.1) is 0 Å². The van der Waals surface area contributed by atoms with Crippen molar-refractivity contribution < 1.29 is 0 Å². The van der Waals surface area contributed by atoms with Crippen molar-refractivity contribution in [3.05, 3.63) is 46.2 Å². The minimum atomic E-state index is 0.0204. The first-order valence-corrected chi connectivity index (χ1v) is 6.14. The molecule has 3 nitrogen and oxygen atoms in total. The van der Waals surface area contributed by atoms with Crippen LogP contribution in [0.2, 0.25) is 0 Å². The van der Waals surface area contributed by atoms with E-state index < -0.39 is 0 Å². The highest BCUT2D eigenvalue weighted by Crippen LogP contribution is 2.27. The highest BCUT2D eigenvalue weighted by molar-refractivity contribution is 5.78.